The van der Waals surface area contributed by atoms with E-state index in [0.717, 1.165) is 41.7 Å². The van der Waals surface area contributed by atoms with Gasteiger partial charge in [0.15, 0.2) is 0 Å². The maximum absolute atomic E-state index is 13.2. The summed E-state index contributed by atoms with van der Waals surface area (Å²) < 4.78 is 5.53. The van der Waals surface area contributed by atoms with Gasteiger partial charge in [-0.15, -0.1) is 0 Å². The lowest BCUT2D eigenvalue weighted by Gasteiger charge is -2.36. The van der Waals surface area contributed by atoms with E-state index in [1.165, 1.54) is 0 Å². The zero-order valence-corrected chi connectivity index (χ0v) is 16.2. The first-order chi connectivity index (χ1) is 13.7. The molecule has 1 saturated carbocycles. The molecule has 1 N–H and O–H groups in total. The van der Waals surface area contributed by atoms with Gasteiger partial charge in [-0.1, -0.05) is 36.4 Å². The van der Waals surface area contributed by atoms with E-state index in [1.807, 2.05) is 49.4 Å². The summed E-state index contributed by atoms with van der Waals surface area (Å²) in [5, 5.41) is 3.03. The number of hydrogen-bond acceptors (Lipinski definition) is 3. The van der Waals surface area contributed by atoms with Crippen molar-refractivity contribution in [1.82, 2.24) is 10.2 Å². The highest BCUT2D eigenvalue weighted by Gasteiger charge is 2.41. The molecule has 1 aliphatic carbocycles. The number of benzene rings is 2. The summed E-state index contributed by atoms with van der Waals surface area (Å²) in [6.07, 6.45) is 2.68. The quantitative estimate of drug-likeness (QED) is 0.840. The smallest absolute Gasteiger partial charge is 0.247 e. The van der Waals surface area contributed by atoms with Crippen LogP contribution in [-0.4, -0.2) is 29.9 Å². The van der Waals surface area contributed by atoms with Crippen molar-refractivity contribution < 1.29 is 14.3 Å². The van der Waals surface area contributed by atoms with Crippen molar-refractivity contribution in [2.24, 2.45) is 5.92 Å². The van der Waals surface area contributed by atoms with Crippen molar-refractivity contribution >= 4 is 11.8 Å². The molecule has 1 fully saturated rings. The number of carbonyl (C=O) groups is 2. The maximum atomic E-state index is 13.2. The average molecular weight is 378 g/mol. The van der Waals surface area contributed by atoms with Gasteiger partial charge in [-0.05, 0) is 55.0 Å². The van der Waals surface area contributed by atoms with Crippen molar-refractivity contribution in [2.75, 3.05) is 13.2 Å². The molecule has 1 atom stereocenters. The number of ether oxygens (including phenoxy) is 1. The van der Waals surface area contributed by atoms with E-state index in [4.69, 9.17) is 4.74 Å². The first-order valence-electron chi connectivity index (χ1n) is 10.0. The number of hydrogen-bond donors (Lipinski definition) is 1. The predicted octanol–water partition coefficient (Wildman–Crippen LogP) is 3.24. The Labute approximate surface area is 165 Å². The second-order valence-corrected chi connectivity index (χ2v) is 7.46. The van der Waals surface area contributed by atoms with Crippen LogP contribution < -0.4 is 10.1 Å². The molecule has 2 aliphatic rings. The summed E-state index contributed by atoms with van der Waals surface area (Å²) in [6.45, 7) is 3.56. The van der Waals surface area contributed by atoms with Crippen molar-refractivity contribution in [2.45, 2.75) is 38.8 Å². The number of amides is 2. The summed E-state index contributed by atoms with van der Waals surface area (Å²) in [6, 6.07) is 15.1. The molecule has 0 saturated heterocycles. The largest absolute Gasteiger partial charge is 0.494 e. The molecule has 4 rings (SSSR count). The summed E-state index contributed by atoms with van der Waals surface area (Å²) in [7, 11) is 0. The van der Waals surface area contributed by atoms with Crippen LogP contribution >= 0.6 is 0 Å². The molecule has 1 aliphatic heterocycles. The molecule has 0 unspecified atom stereocenters. The minimum atomic E-state index is -0.548. The van der Waals surface area contributed by atoms with Crippen LogP contribution in [0.1, 0.15) is 42.5 Å². The highest BCUT2D eigenvalue weighted by Crippen LogP contribution is 2.37. The highest BCUT2D eigenvalue weighted by atomic mass is 16.5. The molecule has 2 aromatic carbocycles. The van der Waals surface area contributed by atoms with Crippen molar-refractivity contribution in [3.63, 3.8) is 0 Å². The van der Waals surface area contributed by atoms with Crippen LogP contribution in [0.5, 0.6) is 5.75 Å². The molecule has 0 bridgehead atoms. The van der Waals surface area contributed by atoms with Crippen molar-refractivity contribution in [1.29, 1.82) is 0 Å². The summed E-state index contributed by atoms with van der Waals surface area (Å²) in [5.74, 6) is 0.891. The van der Waals surface area contributed by atoms with Gasteiger partial charge in [0.1, 0.15) is 11.8 Å². The lowest BCUT2D eigenvalue weighted by molar-refractivity contribution is -0.142. The van der Waals surface area contributed by atoms with Crippen LogP contribution in [0.3, 0.4) is 0 Å². The fourth-order valence-corrected chi connectivity index (χ4v) is 3.85. The molecule has 2 amide bonds. The third kappa shape index (κ3) is 3.88. The minimum absolute atomic E-state index is 0.100. The third-order valence-electron chi connectivity index (χ3n) is 5.42. The Morgan fingerprint density at radius 2 is 1.96 bits per heavy atom. The Bertz CT molecular complexity index is 876. The van der Waals surface area contributed by atoms with Crippen LogP contribution in [0.15, 0.2) is 48.5 Å². The van der Waals surface area contributed by atoms with Gasteiger partial charge in [-0.2, -0.15) is 0 Å². The van der Waals surface area contributed by atoms with Crippen LogP contribution in [0.2, 0.25) is 0 Å². The van der Waals surface area contributed by atoms with Crippen molar-refractivity contribution in [3.8, 4) is 5.75 Å². The van der Waals surface area contributed by atoms with E-state index in [0.29, 0.717) is 19.7 Å². The molecule has 5 heteroatoms. The van der Waals surface area contributed by atoms with Gasteiger partial charge >= 0.3 is 0 Å². The van der Waals surface area contributed by atoms with Gasteiger partial charge in [0.2, 0.25) is 11.8 Å². The van der Waals surface area contributed by atoms with Gasteiger partial charge in [0, 0.05) is 19.0 Å². The third-order valence-corrected chi connectivity index (χ3v) is 5.42. The number of rotatable bonds is 6. The van der Waals surface area contributed by atoms with E-state index in [9.17, 15) is 9.59 Å². The Morgan fingerprint density at radius 1 is 1.14 bits per heavy atom. The van der Waals surface area contributed by atoms with E-state index in [1.54, 1.807) is 4.90 Å². The lowest BCUT2D eigenvalue weighted by atomic mass is 9.91. The Kier molecular flexibility index (Phi) is 5.33. The Morgan fingerprint density at radius 3 is 2.75 bits per heavy atom. The summed E-state index contributed by atoms with van der Waals surface area (Å²) in [5.41, 5.74) is 3.08. The van der Waals surface area contributed by atoms with E-state index < -0.39 is 6.04 Å². The van der Waals surface area contributed by atoms with Gasteiger partial charge in [0.05, 0.1) is 6.61 Å². The molecular weight excluding hydrogens is 352 g/mol. The van der Waals surface area contributed by atoms with Gasteiger partial charge in [-0.3, -0.25) is 9.59 Å². The Balaban J connectivity index is 1.53. The normalized spacial score (nSPS) is 18.3. The predicted molar refractivity (Wildman–Crippen MR) is 107 cm³/mol. The molecular formula is C23H26N2O3. The van der Waals surface area contributed by atoms with Gasteiger partial charge in [-0.25, -0.2) is 0 Å². The summed E-state index contributed by atoms with van der Waals surface area (Å²) >= 11 is 0. The number of fused-ring (bicyclic) bond motifs is 1. The molecule has 0 radical (unpaired) electrons. The fourth-order valence-electron chi connectivity index (χ4n) is 3.85. The number of nitrogens with one attached hydrogen (secondary N) is 1. The molecule has 5 nitrogen and oxygen atoms in total. The van der Waals surface area contributed by atoms with Gasteiger partial charge < -0.3 is 15.0 Å². The molecule has 0 aromatic heterocycles. The van der Waals surface area contributed by atoms with E-state index >= 15 is 0 Å². The first-order valence-corrected chi connectivity index (χ1v) is 10.0. The monoisotopic (exact) mass is 378 g/mol. The second kappa shape index (κ2) is 8.05. The average Bonchev–Trinajstić information content (AvgIpc) is 3.56. The lowest BCUT2D eigenvalue weighted by Crippen LogP contribution is -2.47. The molecule has 28 heavy (non-hydrogen) atoms. The topological polar surface area (TPSA) is 58.6 Å². The van der Waals surface area contributed by atoms with Gasteiger partial charge in [0.25, 0.3) is 0 Å². The zero-order chi connectivity index (χ0) is 19.5. The Hall–Kier alpha value is -2.82. The second-order valence-electron chi connectivity index (χ2n) is 7.46. The van der Waals surface area contributed by atoms with Crippen LogP contribution in [0, 0.1) is 5.92 Å². The zero-order valence-electron chi connectivity index (χ0n) is 16.2. The number of carbonyl (C=O) groups excluding carboxylic acids is 2. The molecule has 2 aromatic rings. The molecule has 1 heterocycles. The molecule has 0 spiro atoms. The van der Waals surface area contributed by atoms with Crippen LogP contribution in [0.4, 0.5) is 0 Å². The fraction of sp³-hybridized carbons (Fsp3) is 0.391. The first kappa shape index (κ1) is 18.5. The van der Waals surface area contributed by atoms with Crippen LogP contribution in [-0.2, 0) is 22.6 Å². The van der Waals surface area contributed by atoms with Crippen LogP contribution in [0.25, 0.3) is 0 Å². The van der Waals surface area contributed by atoms with Crippen molar-refractivity contribution in [3.05, 3.63) is 65.2 Å². The standard InChI is InChI=1S/C23H26N2O3/c1-2-28-19-8-5-6-16(14-19)15-24-22(26)21-20-9-4-3-7-17(20)12-13-25(21)23(27)18-10-11-18/h3-9,14,18,21H,2,10-13,15H2,1H3,(H,24,26)/t21-/m1/s1. The molecule has 146 valence electrons. The maximum Gasteiger partial charge on any atom is 0.247 e. The summed E-state index contributed by atoms with van der Waals surface area (Å²) in [4.78, 5) is 27.8. The van der Waals surface area contributed by atoms with E-state index in [-0.39, 0.29) is 17.7 Å². The minimum Gasteiger partial charge on any atom is -0.494 e. The van der Waals surface area contributed by atoms with E-state index in [2.05, 4.69) is 11.4 Å². The number of nitrogens with zero attached hydrogens (tertiary/aromatic N) is 1. The SMILES string of the molecule is CCOc1cccc(CNC(=O)[C@H]2c3ccccc3CCN2C(=O)C2CC2)c1. The highest BCUT2D eigenvalue weighted by molar-refractivity contribution is 5.91.